The Morgan fingerprint density at radius 2 is 2.22 bits per heavy atom. The Kier molecular flexibility index (Phi) is 3.99. The molecule has 0 aliphatic carbocycles. The van der Waals surface area contributed by atoms with Gasteiger partial charge < -0.3 is 10.5 Å². The van der Waals surface area contributed by atoms with E-state index in [-0.39, 0.29) is 23.7 Å². The Hall–Kier alpha value is -0.590. The van der Waals surface area contributed by atoms with Crippen molar-refractivity contribution < 1.29 is 13.2 Å². The molecule has 1 aliphatic heterocycles. The average Bonchev–Trinajstić information content (AvgIpc) is 2.60. The number of ether oxygens (including phenoxy) is 1. The van der Waals surface area contributed by atoms with Crippen LogP contribution in [-0.4, -0.2) is 26.0 Å². The topological polar surface area (TPSA) is 69.4 Å². The predicted octanol–water partition coefficient (Wildman–Crippen LogP) is 2.03. The fourth-order valence-corrected chi connectivity index (χ4v) is 3.98. The lowest BCUT2D eigenvalue weighted by molar-refractivity contribution is 0.225. The summed E-state index contributed by atoms with van der Waals surface area (Å²) in [6.45, 7) is 1.88. The van der Waals surface area contributed by atoms with Crippen molar-refractivity contribution in [3.63, 3.8) is 0 Å². The van der Waals surface area contributed by atoms with Crippen molar-refractivity contribution in [2.45, 2.75) is 25.5 Å². The summed E-state index contributed by atoms with van der Waals surface area (Å²) < 4.78 is 29.5. The lowest BCUT2D eigenvalue weighted by Gasteiger charge is -2.18. The molecule has 4 nitrogen and oxygen atoms in total. The molecule has 1 saturated heterocycles. The molecule has 1 aromatic carbocycles. The molecule has 0 saturated carbocycles. The second kappa shape index (κ2) is 5.19. The fourth-order valence-electron chi connectivity index (χ4n) is 2.02. The molecule has 100 valence electrons. The Bertz CT molecular complexity index is 542. The van der Waals surface area contributed by atoms with Crippen molar-refractivity contribution in [1.29, 1.82) is 0 Å². The van der Waals surface area contributed by atoms with E-state index in [4.69, 9.17) is 10.5 Å². The minimum absolute atomic E-state index is 0.0987. The van der Waals surface area contributed by atoms with E-state index in [0.717, 1.165) is 10.0 Å². The van der Waals surface area contributed by atoms with Crippen molar-refractivity contribution in [3.05, 3.63) is 28.2 Å². The lowest BCUT2D eigenvalue weighted by Crippen LogP contribution is -2.19. The van der Waals surface area contributed by atoms with E-state index < -0.39 is 9.84 Å². The number of hydrogen-bond donors (Lipinski definition) is 1. The van der Waals surface area contributed by atoms with Gasteiger partial charge >= 0.3 is 0 Å². The maximum Gasteiger partial charge on any atom is 0.154 e. The monoisotopic (exact) mass is 333 g/mol. The van der Waals surface area contributed by atoms with Crippen LogP contribution in [-0.2, 0) is 9.84 Å². The van der Waals surface area contributed by atoms with E-state index in [0.29, 0.717) is 12.2 Å². The second-order valence-corrected chi connectivity index (χ2v) is 7.76. The second-order valence-electron chi connectivity index (χ2n) is 4.61. The molecule has 0 spiro atoms. The normalized spacial score (nSPS) is 23.8. The highest BCUT2D eigenvalue weighted by atomic mass is 79.9. The van der Waals surface area contributed by atoms with Gasteiger partial charge in [-0.15, -0.1) is 0 Å². The Morgan fingerprint density at radius 1 is 1.50 bits per heavy atom. The average molecular weight is 334 g/mol. The van der Waals surface area contributed by atoms with Crippen molar-refractivity contribution in [2.24, 2.45) is 5.73 Å². The number of hydrogen-bond acceptors (Lipinski definition) is 4. The van der Waals surface area contributed by atoms with E-state index in [1.807, 2.05) is 25.1 Å². The standard InChI is InChI=1S/C12H16BrNO3S/c1-8(14)11-6-9(13)2-3-12(11)17-10-4-5-18(15,16)7-10/h2-3,6,8,10H,4-5,7,14H2,1H3/t8-,10?/m1/s1. The van der Waals surface area contributed by atoms with Crippen LogP contribution in [0.3, 0.4) is 0 Å². The largest absolute Gasteiger partial charge is 0.489 e. The zero-order valence-corrected chi connectivity index (χ0v) is 12.5. The summed E-state index contributed by atoms with van der Waals surface area (Å²) in [6, 6.07) is 5.44. The van der Waals surface area contributed by atoms with Gasteiger partial charge in [-0.1, -0.05) is 15.9 Å². The molecule has 6 heteroatoms. The zero-order valence-electron chi connectivity index (χ0n) is 10.1. The highest BCUT2D eigenvalue weighted by Crippen LogP contribution is 2.29. The van der Waals surface area contributed by atoms with Gasteiger partial charge in [0.05, 0.1) is 11.5 Å². The van der Waals surface area contributed by atoms with E-state index in [9.17, 15) is 8.42 Å². The van der Waals surface area contributed by atoms with Crippen LogP contribution < -0.4 is 10.5 Å². The first-order chi connectivity index (χ1) is 8.37. The van der Waals surface area contributed by atoms with Gasteiger partial charge in [0.2, 0.25) is 0 Å². The zero-order chi connectivity index (χ0) is 13.3. The number of benzene rings is 1. The predicted molar refractivity (Wildman–Crippen MR) is 74.4 cm³/mol. The van der Waals surface area contributed by atoms with E-state index in [2.05, 4.69) is 15.9 Å². The summed E-state index contributed by atoms with van der Waals surface area (Å²) in [6.07, 6.45) is 0.297. The summed E-state index contributed by atoms with van der Waals surface area (Å²) in [7, 11) is -2.92. The summed E-state index contributed by atoms with van der Waals surface area (Å²) in [5, 5.41) is 0. The van der Waals surface area contributed by atoms with Crippen LogP contribution in [0, 0.1) is 0 Å². The van der Waals surface area contributed by atoms with Crippen LogP contribution in [0.2, 0.25) is 0 Å². The van der Waals surface area contributed by atoms with Crippen molar-refractivity contribution in [1.82, 2.24) is 0 Å². The maximum atomic E-state index is 11.4. The molecule has 2 N–H and O–H groups in total. The Morgan fingerprint density at radius 3 is 2.78 bits per heavy atom. The first-order valence-corrected chi connectivity index (χ1v) is 8.41. The quantitative estimate of drug-likeness (QED) is 0.918. The van der Waals surface area contributed by atoms with Crippen LogP contribution in [0.1, 0.15) is 24.9 Å². The van der Waals surface area contributed by atoms with E-state index >= 15 is 0 Å². The van der Waals surface area contributed by atoms with E-state index in [1.54, 1.807) is 0 Å². The molecular formula is C12H16BrNO3S. The molecular weight excluding hydrogens is 318 g/mol. The third kappa shape index (κ3) is 3.24. The number of sulfone groups is 1. The Balaban J connectivity index is 2.19. The Labute approximate surface area is 116 Å². The van der Waals surface area contributed by atoms with Crippen LogP contribution >= 0.6 is 15.9 Å². The van der Waals surface area contributed by atoms with Crippen molar-refractivity contribution in [3.8, 4) is 5.75 Å². The molecule has 1 fully saturated rings. The SMILES string of the molecule is C[C@@H](N)c1cc(Br)ccc1OC1CCS(=O)(=O)C1. The molecule has 2 rings (SSSR count). The molecule has 0 bridgehead atoms. The maximum absolute atomic E-state index is 11.4. The first-order valence-electron chi connectivity index (χ1n) is 5.79. The summed E-state index contributed by atoms with van der Waals surface area (Å²) in [5.41, 5.74) is 6.77. The molecule has 0 aromatic heterocycles. The van der Waals surface area contributed by atoms with Crippen LogP contribution in [0.25, 0.3) is 0 Å². The summed E-state index contributed by atoms with van der Waals surface area (Å²) in [4.78, 5) is 0. The van der Waals surface area contributed by atoms with E-state index in [1.165, 1.54) is 0 Å². The minimum atomic E-state index is -2.92. The van der Waals surface area contributed by atoms with Crippen molar-refractivity contribution in [2.75, 3.05) is 11.5 Å². The molecule has 0 amide bonds. The van der Waals surface area contributed by atoms with Gasteiger partial charge in [0.25, 0.3) is 0 Å². The highest BCUT2D eigenvalue weighted by molar-refractivity contribution is 9.10. The van der Waals surface area contributed by atoms with Crippen LogP contribution in [0.4, 0.5) is 0 Å². The summed E-state index contributed by atoms with van der Waals surface area (Å²) in [5.74, 6) is 0.985. The van der Waals surface area contributed by atoms with Crippen molar-refractivity contribution >= 4 is 25.8 Å². The smallest absolute Gasteiger partial charge is 0.154 e. The third-order valence-corrected chi connectivity index (χ3v) is 5.18. The van der Waals surface area contributed by atoms with Gasteiger partial charge in [-0.05, 0) is 31.5 Å². The van der Waals surface area contributed by atoms with Gasteiger partial charge in [0.15, 0.2) is 9.84 Å². The minimum Gasteiger partial charge on any atom is -0.489 e. The third-order valence-electron chi connectivity index (χ3n) is 2.95. The van der Waals surface area contributed by atoms with Gasteiger partial charge in [-0.25, -0.2) is 8.42 Å². The molecule has 1 aliphatic rings. The molecule has 1 unspecified atom stereocenters. The summed E-state index contributed by atoms with van der Waals surface area (Å²) >= 11 is 3.39. The number of nitrogens with two attached hydrogens (primary N) is 1. The van der Waals surface area contributed by atoms with Gasteiger partial charge in [0, 0.05) is 16.1 Å². The number of halogens is 1. The fraction of sp³-hybridized carbons (Fsp3) is 0.500. The first kappa shape index (κ1) is 13.8. The van der Waals surface area contributed by atoms with Gasteiger partial charge in [-0.3, -0.25) is 0 Å². The molecule has 1 heterocycles. The van der Waals surface area contributed by atoms with Gasteiger partial charge in [0.1, 0.15) is 11.9 Å². The van der Waals surface area contributed by atoms with Crippen LogP contribution in [0.15, 0.2) is 22.7 Å². The van der Waals surface area contributed by atoms with Crippen LogP contribution in [0.5, 0.6) is 5.75 Å². The number of rotatable bonds is 3. The lowest BCUT2D eigenvalue weighted by atomic mass is 10.1. The molecule has 0 radical (unpaired) electrons. The van der Waals surface area contributed by atoms with Gasteiger partial charge in [-0.2, -0.15) is 0 Å². The molecule has 1 aromatic rings. The molecule has 18 heavy (non-hydrogen) atoms. The molecule has 2 atom stereocenters. The highest BCUT2D eigenvalue weighted by Gasteiger charge is 2.30.